The minimum atomic E-state index is -5.29. The van der Waals surface area contributed by atoms with E-state index in [2.05, 4.69) is 0 Å². The van der Waals surface area contributed by atoms with Crippen LogP contribution in [0.25, 0.3) is 10.9 Å². The number of alkyl halides is 3. The maximum atomic E-state index is 14.3. The third-order valence-electron chi connectivity index (χ3n) is 5.76. The fourth-order valence-electron chi connectivity index (χ4n) is 3.86. The van der Waals surface area contributed by atoms with E-state index in [0.29, 0.717) is 5.56 Å². The number of hydrogen-bond acceptors (Lipinski definition) is 5. The Bertz CT molecular complexity index is 1510. The molecule has 3 aromatic carbocycles. The molecule has 36 heavy (non-hydrogen) atoms. The van der Waals surface area contributed by atoms with Crippen molar-refractivity contribution < 1.29 is 31.6 Å². The lowest BCUT2D eigenvalue weighted by molar-refractivity contribution is -0.384. The maximum absolute atomic E-state index is 14.3. The second-order valence-electron chi connectivity index (χ2n) is 8.11. The largest absolute Gasteiger partial charge is 0.422 e. The van der Waals surface area contributed by atoms with Gasteiger partial charge in [-0.1, -0.05) is 48.5 Å². The lowest BCUT2D eigenvalue weighted by Crippen LogP contribution is -2.51. The van der Waals surface area contributed by atoms with Crippen LogP contribution in [0.4, 0.5) is 18.9 Å². The number of nitrogens with one attached hydrogen (secondary N) is 1. The molecule has 0 aliphatic heterocycles. The summed E-state index contributed by atoms with van der Waals surface area (Å²) < 4.78 is 71.4. The number of sulfonamides is 1. The van der Waals surface area contributed by atoms with Gasteiger partial charge >= 0.3 is 6.18 Å². The van der Waals surface area contributed by atoms with E-state index in [1.54, 1.807) is 36.4 Å². The van der Waals surface area contributed by atoms with Crippen LogP contribution in [-0.4, -0.2) is 35.7 Å². The molecule has 4 rings (SSSR count). The maximum Gasteiger partial charge on any atom is 0.422 e. The van der Waals surface area contributed by atoms with Crippen LogP contribution >= 0.6 is 0 Å². The number of halogens is 3. The summed E-state index contributed by atoms with van der Waals surface area (Å²) in [4.78, 5) is 10.4. The van der Waals surface area contributed by atoms with E-state index >= 15 is 0 Å². The first-order valence-electron chi connectivity index (χ1n) is 10.6. The number of non-ortho nitro benzene ring substituents is 1. The predicted molar refractivity (Wildman–Crippen MR) is 126 cm³/mol. The Hall–Kier alpha value is -3.74. The zero-order valence-electron chi connectivity index (χ0n) is 18.5. The highest BCUT2D eigenvalue weighted by atomic mass is 32.2. The normalized spacial score (nSPS) is 14.0. The summed E-state index contributed by atoms with van der Waals surface area (Å²) in [5.41, 5.74) is -3.83. The van der Waals surface area contributed by atoms with Crippen molar-refractivity contribution in [2.45, 2.75) is 23.2 Å². The minimum Gasteiger partial charge on any atom is -0.375 e. The van der Waals surface area contributed by atoms with Crippen LogP contribution < -0.4 is 4.72 Å². The van der Waals surface area contributed by atoms with Crippen molar-refractivity contribution in [3.05, 3.63) is 106 Å². The molecule has 8 nitrogen and oxygen atoms in total. The van der Waals surface area contributed by atoms with Gasteiger partial charge in [-0.05, 0) is 23.8 Å². The van der Waals surface area contributed by atoms with E-state index in [1.807, 2.05) is 4.72 Å². The Labute approximate surface area is 203 Å². The molecule has 188 valence electrons. The number of hydrogen-bond donors (Lipinski definition) is 2. The van der Waals surface area contributed by atoms with Crippen LogP contribution in [0, 0.1) is 10.1 Å². The van der Waals surface area contributed by atoms with Gasteiger partial charge in [0.25, 0.3) is 5.69 Å². The minimum absolute atomic E-state index is 0.0577. The molecule has 0 bridgehead atoms. The average molecular weight is 520 g/mol. The molecule has 0 radical (unpaired) electrons. The molecule has 2 N–H and O–H groups in total. The van der Waals surface area contributed by atoms with E-state index in [1.165, 1.54) is 28.8 Å². The summed E-state index contributed by atoms with van der Waals surface area (Å²) in [6, 6.07) is 18.7. The number of rotatable bonds is 8. The standard InChI is InChI=1S/C24H20F3N3O5S/c25-24(26,27)23(31,16-28-36(34,35)19-9-5-2-6-10-19)21-15-29(14-17-7-3-1-4-8-17)22-13-18(30(32)33)11-12-20(21)22/h1-13,15,28,31H,14,16H2. The Morgan fingerprint density at radius 1 is 0.972 bits per heavy atom. The molecule has 0 saturated heterocycles. The average Bonchev–Trinajstić information content (AvgIpc) is 3.21. The second-order valence-corrected chi connectivity index (χ2v) is 9.88. The first kappa shape index (κ1) is 25.4. The smallest absolute Gasteiger partial charge is 0.375 e. The zero-order chi connectivity index (χ0) is 26.1. The molecular weight excluding hydrogens is 499 g/mol. The topological polar surface area (TPSA) is 114 Å². The van der Waals surface area contributed by atoms with Gasteiger partial charge in [-0.2, -0.15) is 13.2 Å². The van der Waals surface area contributed by atoms with Crippen molar-refractivity contribution in [2.75, 3.05) is 6.54 Å². The van der Waals surface area contributed by atoms with Crippen molar-refractivity contribution >= 4 is 26.6 Å². The number of nitrogens with zero attached hydrogens (tertiary/aromatic N) is 2. The highest BCUT2D eigenvalue weighted by Crippen LogP contribution is 2.43. The van der Waals surface area contributed by atoms with Crippen molar-refractivity contribution in [3.63, 3.8) is 0 Å². The van der Waals surface area contributed by atoms with Crippen LogP contribution in [0.2, 0.25) is 0 Å². The molecular formula is C24H20F3N3O5S. The van der Waals surface area contributed by atoms with Gasteiger partial charge in [0.1, 0.15) is 0 Å². The van der Waals surface area contributed by atoms with Crippen LogP contribution in [0.3, 0.4) is 0 Å². The first-order valence-corrected chi connectivity index (χ1v) is 12.1. The van der Waals surface area contributed by atoms with E-state index < -0.39 is 38.8 Å². The number of benzene rings is 3. The van der Waals surface area contributed by atoms with E-state index in [-0.39, 0.29) is 28.0 Å². The number of aliphatic hydroxyl groups is 1. The molecule has 12 heteroatoms. The summed E-state index contributed by atoms with van der Waals surface area (Å²) >= 11 is 0. The van der Waals surface area contributed by atoms with Crippen LogP contribution in [-0.2, 0) is 22.2 Å². The Kier molecular flexibility index (Phi) is 6.60. The SMILES string of the molecule is O=[N+]([O-])c1ccc2c(C(O)(CNS(=O)(=O)c3ccccc3)C(F)(F)F)cn(Cc3ccccc3)c2c1. The van der Waals surface area contributed by atoms with Crippen molar-refractivity contribution in [2.24, 2.45) is 0 Å². The van der Waals surface area contributed by atoms with Gasteiger partial charge in [0, 0.05) is 35.8 Å². The first-order chi connectivity index (χ1) is 16.9. The number of nitro groups is 1. The molecule has 0 aliphatic rings. The Balaban J connectivity index is 1.83. The van der Waals surface area contributed by atoms with E-state index in [4.69, 9.17) is 0 Å². The lowest BCUT2D eigenvalue weighted by atomic mass is 9.92. The molecule has 0 spiro atoms. The highest BCUT2D eigenvalue weighted by molar-refractivity contribution is 7.89. The number of fused-ring (bicyclic) bond motifs is 1. The molecule has 4 aromatic rings. The third-order valence-corrected chi connectivity index (χ3v) is 7.18. The van der Waals surface area contributed by atoms with Crippen LogP contribution in [0.1, 0.15) is 11.1 Å². The van der Waals surface area contributed by atoms with E-state index in [0.717, 1.165) is 24.4 Å². The molecule has 1 aromatic heterocycles. The lowest BCUT2D eigenvalue weighted by Gasteiger charge is -2.30. The molecule has 1 atom stereocenters. The fraction of sp³-hybridized carbons (Fsp3) is 0.167. The molecule has 0 saturated carbocycles. The predicted octanol–water partition coefficient (Wildman–Crippen LogP) is 4.33. The summed E-state index contributed by atoms with van der Waals surface area (Å²) in [7, 11) is -4.38. The van der Waals surface area contributed by atoms with Crippen molar-refractivity contribution in [1.29, 1.82) is 0 Å². The van der Waals surface area contributed by atoms with Gasteiger partial charge in [0.05, 0.1) is 21.9 Å². The number of nitro benzene ring substituents is 1. The molecule has 0 amide bonds. The quantitative estimate of drug-likeness (QED) is 0.266. The van der Waals surface area contributed by atoms with Crippen molar-refractivity contribution in [3.8, 4) is 0 Å². The van der Waals surface area contributed by atoms with Gasteiger partial charge in [-0.25, -0.2) is 13.1 Å². The molecule has 1 heterocycles. The molecule has 1 unspecified atom stereocenters. The van der Waals surface area contributed by atoms with Gasteiger partial charge < -0.3 is 9.67 Å². The summed E-state index contributed by atoms with van der Waals surface area (Å²) in [5, 5.41) is 22.2. The van der Waals surface area contributed by atoms with Crippen LogP contribution in [0.15, 0.2) is 90.0 Å². The van der Waals surface area contributed by atoms with Gasteiger partial charge in [0.2, 0.25) is 15.6 Å². The monoisotopic (exact) mass is 519 g/mol. The zero-order valence-corrected chi connectivity index (χ0v) is 19.3. The molecule has 0 aliphatic carbocycles. The van der Waals surface area contributed by atoms with Gasteiger partial charge in [-0.15, -0.1) is 0 Å². The van der Waals surface area contributed by atoms with E-state index in [9.17, 15) is 36.8 Å². The molecule has 0 fully saturated rings. The Morgan fingerprint density at radius 2 is 1.58 bits per heavy atom. The highest BCUT2D eigenvalue weighted by Gasteiger charge is 2.56. The summed E-state index contributed by atoms with van der Waals surface area (Å²) in [6.45, 7) is -1.35. The van der Waals surface area contributed by atoms with Crippen molar-refractivity contribution in [1.82, 2.24) is 9.29 Å². The van der Waals surface area contributed by atoms with Gasteiger partial charge in [-0.3, -0.25) is 10.1 Å². The van der Waals surface area contributed by atoms with Crippen LogP contribution in [0.5, 0.6) is 0 Å². The third kappa shape index (κ3) is 4.83. The fourth-order valence-corrected chi connectivity index (χ4v) is 4.95. The summed E-state index contributed by atoms with van der Waals surface area (Å²) in [5.74, 6) is 0. The summed E-state index contributed by atoms with van der Waals surface area (Å²) in [6.07, 6.45) is -4.24. The number of aromatic nitrogens is 1. The second kappa shape index (κ2) is 9.37. The van der Waals surface area contributed by atoms with Gasteiger partial charge in [0.15, 0.2) is 0 Å². The Morgan fingerprint density at radius 3 is 2.17 bits per heavy atom.